The van der Waals surface area contributed by atoms with Crippen LogP contribution in [-0.2, 0) is 11.2 Å². The Bertz CT molecular complexity index is 1170. The molecule has 1 saturated heterocycles. The number of nitrogens with one attached hydrogen (secondary N) is 1. The second-order valence-corrected chi connectivity index (χ2v) is 9.31. The maximum atomic E-state index is 5.45. The van der Waals surface area contributed by atoms with Gasteiger partial charge in [-0.3, -0.25) is 9.30 Å². The van der Waals surface area contributed by atoms with Crippen molar-refractivity contribution in [1.82, 2.24) is 29.2 Å². The summed E-state index contributed by atoms with van der Waals surface area (Å²) in [5, 5.41) is 0.903. The van der Waals surface area contributed by atoms with Gasteiger partial charge in [-0.2, -0.15) is 0 Å². The molecular formula is C24H28N6OS. The maximum absolute atomic E-state index is 5.45. The molecule has 5 rings (SSSR count). The quantitative estimate of drug-likeness (QED) is 0.433. The molecule has 0 amide bonds. The monoisotopic (exact) mass is 448 g/mol. The normalized spacial score (nSPS) is 15.9. The fourth-order valence-corrected chi connectivity index (χ4v) is 5.12. The van der Waals surface area contributed by atoms with E-state index in [1.54, 1.807) is 18.0 Å². The van der Waals surface area contributed by atoms with Gasteiger partial charge in [-0.05, 0) is 37.5 Å². The Morgan fingerprint density at radius 3 is 2.69 bits per heavy atom. The van der Waals surface area contributed by atoms with Crippen LogP contribution in [0.25, 0.3) is 5.78 Å². The summed E-state index contributed by atoms with van der Waals surface area (Å²) in [6.45, 7) is 8.91. The smallest absolute Gasteiger partial charge is 0.234 e. The summed E-state index contributed by atoms with van der Waals surface area (Å²) in [7, 11) is 0. The minimum Gasteiger partial charge on any atom is -0.379 e. The van der Waals surface area contributed by atoms with Crippen molar-refractivity contribution in [1.29, 1.82) is 0 Å². The van der Waals surface area contributed by atoms with Crippen LogP contribution in [0.3, 0.4) is 0 Å². The molecule has 0 radical (unpaired) electrons. The van der Waals surface area contributed by atoms with Gasteiger partial charge in [0.05, 0.1) is 24.2 Å². The van der Waals surface area contributed by atoms with E-state index in [0.717, 1.165) is 67.3 Å². The number of benzene rings is 1. The average Bonchev–Trinajstić information content (AvgIpc) is 3.47. The number of nitrogens with zero attached hydrogens (tertiary/aromatic N) is 5. The molecule has 0 saturated carbocycles. The first-order chi connectivity index (χ1) is 15.7. The van der Waals surface area contributed by atoms with E-state index >= 15 is 0 Å². The molecule has 1 fully saturated rings. The van der Waals surface area contributed by atoms with Crippen molar-refractivity contribution >= 4 is 17.5 Å². The molecule has 4 heterocycles. The average molecular weight is 449 g/mol. The third kappa shape index (κ3) is 4.72. The lowest BCUT2D eigenvalue weighted by Gasteiger charge is -2.26. The third-order valence-corrected chi connectivity index (χ3v) is 7.05. The van der Waals surface area contributed by atoms with Crippen LogP contribution >= 0.6 is 11.8 Å². The van der Waals surface area contributed by atoms with Crippen LogP contribution < -0.4 is 0 Å². The van der Waals surface area contributed by atoms with Crippen LogP contribution in [0.1, 0.15) is 33.5 Å². The van der Waals surface area contributed by atoms with E-state index in [4.69, 9.17) is 9.72 Å². The first kappa shape index (κ1) is 21.2. The Hall–Kier alpha value is -2.68. The van der Waals surface area contributed by atoms with E-state index in [0.29, 0.717) is 0 Å². The number of thioether (sulfide) groups is 1. The van der Waals surface area contributed by atoms with Crippen molar-refractivity contribution in [2.75, 3.05) is 32.8 Å². The summed E-state index contributed by atoms with van der Waals surface area (Å²) in [4.78, 5) is 19.6. The summed E-state index contributed by atoms with van der Waals surface area (Å²) in [5.74, 6) is 0.740. The molecule has 7 nitrogen and oxygen atoms in total. The number of rotatable bonds is 7. The number of hydrogen-bond donors (Lipinski definition) is 1. The predicted octanol–water partition coefficient (Wildman–Crippen LogP) is 3.83. The van der Waals surface area contributed by atoms with E-state index in [1.807, 2.05) is 13.1 Å². The second kappa shape index (κ2) is 9.44. The highest BCUT2D eigenvalue weighted by Gasteiger charge is 2.21. The molecule has 1 N–H and O–H groups in total. The SMILES string of the molecule is Cc1cc(C)n2cc(C(Sc3ncc[nH]3)c3ccc(CCN4CCOCC4)cc3)nc2n1. The van der Waals surface area contributed by atoms with Gasteiger partial charge < -0.3 is 9.72 Å². The van der Waals surface area contributed by atoms with Crippen molar-refractivity contribution in [3.8, 4) is 0 Å². The minimum atomic E-state index is 0.0239. The second-order valence-electron chi connectivity index (χ2n) is 8.21. The maximum Gasteiger partial charge on any atom is 0.234 e. The highest BCUT2D eigenvalue weighted by molar-refractivity contribution is 7.99. The Morgan fingerprint density at radius 2 is 1.94 bits per heavy atom. The molecule has 0 aliphatic carbocycles. The summed E-state index contributed by atoms with van der Waals surface area (Å²) in [5.41, 5.74) is 5.65. The van der Waals surface area contributed by atoms with Gasteiger partial charge in [0.15, 0.2) is 5.16 Å². The lowest BCUT2D eigenvalue weighted by atomic mass is 10.1. The zero-order valence-corrected chi connectivity index (χ0v) is 19.3. The molecular weight excluding hydrogens is 420 g/mol. The molecule has 0 bridgehead atoms. The number of aryl methyl sites for hydroxylation is 2. The van der Waals surface area contributed by atoms with Crippen molar-refractivity contribution in [2.24, 2.45) is 0 Å². The van der Waals surface area contributed by atoms with Gasteiger partial charge in [-0.15, -0.1) is 0 Å². The number of ether oxygens (including phenoxy) is 1. The molecule has 32 heavy (non-hydrogen) atoms. The highest BCUT2D eigenvalue weighted by Crippen LogP contribution is 2.38. The van der Waals surface area contributed by atoms with Crippen LogP contribution in [0, 0.1) is 13.8 Å². The highest BCUT2D eigenvalue weighted by atomic mass is 32.2. The molecule has 1 aliphatic rings. The van der Waals surface area contributed by atoms with Crippen LogP contribution in [0.15, 0.2) is 54.1 Å². The fraction of sp³-hybridized carbons (Fsp3) is 0.375. The summed E-state index contributed by atoms with van der Waals surface area (Å²) in [6, 6.07) is 11.0. The van der Waals surface area contributed by atoms with Gasteiger partial charge in [0, 0.05) is 49.6 Å². The number of H-pyrrole nitrogens is 1. The molecule has 1 aromatic carbocycles. The Labute approximate surface area is 192 Å². The molecule has 4 aromatic rings. The molecule has 3 aromatic heterocycles. The number of hydrogen-bond acceptors (Lipinski definition) is 6. The van der Waals surface area contributed by atoms with E-state index in [1.165, 1.54) is 11.1 Å². The molecule has 8 heteroatoms. The predicted molar refractivity (Wildman–Crippen MR) is 126 cm³/mol. The van der Waals surface area contributed by atoms with Crippen LogP contribution in [0.5, 0.6) is 0 Å². The summed E-state index contributed by atoms with van der Waals surface area (Å²) < 4.78 is 7.51. The zero-order valence-electron chi connectivity index (χ0n) is 18.5. The number of imidazole rings is 2. The van der Waals surface area contributed by atoms with E-state index < -0.39 is 0 Å². The van der Waals surface area contributed by atoms with Gasteiger partial charge in [-0.25, -0.2) is 15.0 Å². The fourth-order valence-electron chi connectivity index (χ4n) is 4.11. The lowest BCUT2D eigenvalue weighted by molar-refractivity contribution is 0.0384. The molecule has 1 atom stereocenters. The first-order valence-electron chi connectivity index (χ1n) is 11.0. The molecule has 1 unspecified atom stereocenters. The number of aromatic amines is 1. The van der Waals surface area contributed by atoms with Crippen LogP contribution in [0.2, 0.25) is 0 Å². The Balaban J connectivity index is 1.40. The number of fused-ring (bicyclic) bond motifs is 1. The van der Waals surface area contributed by atoms with Gasteiger partial charge in [0.25, 0.3) is 0 Å². The Morgan fingerprint density at radius 1 is 1.12 bits per heavy atom. The topological polar surface area (TPSA) is 71.3 Å². The van der Waals surface area contributed by atoms with Gasteiger partial charge in [0.2, 0.25) is 5.78 Å². The van der Waals surface area contributed by atoms with Crippen LogP contribution in [-0.4, -0.2) is 62.1 Å². The molecule has 0 spiro atoms. The Kier molecular flexibility index (Phi) is 6.25. The molecule has 166 valence electrons. The molecule has 1 aliphatic heterocycles. The standard InChI is InChI=1S/C24H28N6OS/c1-17-15-18(2)30-16-21(28-23(30)27-17)22(32-24-25-8-9-26-24)20-5-3-19(4-6-20)7-10-29-11-13-31-14-12-29/h3-6,8-9,15-16,22H,7,10-14H2,1-2H3,(H,25,26). The van der Waals surface area contributed by atoms with E-state index in [-0.39, 0.29) is 5.25 Å². The summed E-state index contributed by atoms with van der Waals surface area (Å²) in [6.07, 6.45) is 6.79. The third-order valence-electron chi connectivity index (χ3n) is 5.85. The first-order valence-corrected chi connectivity index (χ1v) is 11.9. The van der Waals surface area contributed by atoms with Crippen molar-refractivity contribution in [3.05, 3.63) is 77.1 Å². The van der Waals surface area contributed by atoms with E-state index in [9.17, 15) is 0 Å². The largest absolute Gasteiger partial charge is 0.379 e. The van der Waals surface area contributed by atoms with Gasteiger partial charge in [-0.1, -0.05) is 36.0 Å². The van der Waals surface area contributed by atoms with Crippen molar-refractivity contribution in [2.45, 2.75) is 30.7 Å². The number of aromatic nitrogens is 5. The van der Waals surface area contributed by atoms with Crippen molar-refractivity contribution in [3.63, 3.8) is 0 Å². The minimum absolute atomic E-state index is 0.0239. The van der Waals surface area contributed by atoms with Crippen molar-refractivity contribution < 1.29 is 4.74 Å². The van der Waals surface area contributed by atoms with Gasteiger partial charge in [0.1, 0.15) is 0 Å². The van der Waals surface area contributed by atoms with E-state index in [2.05, 4.69) is 67.7 Å². The number of morpholine rings is 1. The summed E-state index contributed by atoms with van der Waals surface area (Å²) >= 11 is 1.68. The zero-order chi connectivity index (χ0) is 21.9. The lowest BCUT2D eigenvalue weighted by Crippen LogP contribution is -2.37. The van der Waals surface area contributed by atoms with Gasteiger partial charge >= 0.3 is 0 Å². The van der Waals surface area contributed by atoms with Crippen LogP contribution in [0.4, 0.5) is 0 Å².